The highest BCUT2D eigenvalue weighted by Gasteiger charge is 2.37. The monoisotopic (exact) mass is 433 g/mol. The molecule has 0 aliphatic carbocycles. The van der Waals surface area contributed by atoms with Crippen molar-refractivity contribution in [2.75, 3.05) is 44.2 Å². The second-order valence-electron chi connectivity index (χ2n) is 8.11. The summed E-state index contributed by atoms with van der Waals surface area (Å²) in [6, 6.07) is 9.52. The lowest BCUT2D eigenvalue weighted by Gasteiger charge is -2.40. The smallest absolute Gasteiger partial charge is 0.227 e. The predicted molar refractivity (Wildman–Crippen MR) is 115 cm³/mol. The number of nitrogens with zero attached hydrogens (tertiary/aromatic N) is 2. The van der Waals surface area contributed by atoms with Crippen molar-refractivity contribution in [1.29, 1.82) is 0 Å². The van der Waals surface area contributed by atoms with E-state index in [1.165, 1.54) is 12.1 Å². The summed E-state index contributed by atoms with van der Waals surface area (Å²) in [5, 5.41) is 3.97. The van der Waals surface area contributed by atoms with E-state index in [1.807, 2.05) is 23.1 Å². The van der Waals surface area contributed by atoms with Crippen LogP contribution in [0.5, 0.6) is 0 Å². The standard InChI is InChI=1S/C23H26ClF2N3O/c1-15-2-3-16(24)12-22(15)28-8-10-29(11-9-28)23(30)20-14-27-7-6-18(20)19-5-4-17(25)13-21(19)26/h2-5,12-13,18,20,27H,6-11,14H2,1H3/t18-,20+/m1/s1. The third-order valence-electron chi connectivity index (χ3n) is 6.26. The van der Waals surface area contributed by atoms with Gasteiger partial charge in [0.25, 0.3) is 0 Å². The highest BCUT2D eigenvalue weighted by atomic mass is 35.5. The van der Waals surface area contributed by atoms with Gasteiger partial charge in [0.15, 0.2) is 0 Å². The lowest BCUT2D eigenvalue weighted by atomic mass is 9.80. The van der Waals surface area contributed by atoms with E-state index < -0.39 is 11.6 Å². The summed E-state index contributed by atoms with van der Waals surface area (Å²) < 4.78 is 27.8. The number of piperazine rings is 1. The Morgan fingerprint density at radius 3 is 2.60 bits per heavy atom. The molecule has 2 aliphatic rings. The minimum absolute atomic E-state index is 0.0402. The van der Waals surface area contributed by atoms with Gasteiger partial charge >= 0.3 is 0 Å². The topological polar surface area (TPSA) is 35.6 Å². The number of rotatable bonds is 3. The van der Waals surface area contributed by atoms with E-state index in [4.69, 9.17) is 11.6 Å². The number of amides is 1. The second-order valence-corrected chi connectivity index (χ2v) is 8.55. The van der Waals surface area contributed by atoms with Crippen molar-refractivity contribution in [2.24, 2.45) is 5.92 Å². The van der Waals surface area contributed by atoms with Crippen molar-refractivity contribution < 1.29 is 13.6 Å². The highest BCUT2D eigenvalue weighted by molar-refractivity contribution is 6.30. The minimum atomic E-state index is -0.597. The van der Waals surface area contributed by atoms with E-state index in [0.717, 1.165) is 30.4 Å². The molecule has 2 aromatic rings. The van der Waals surface area contributed by atoms with Crippen LogP contribution in [0, 0.1) is 24.5 Å². The summed E-state index contributed by atoms with van der Waals surface area (Å²) in [6.07, 6.45) is 0.653. The van der Waals surface area contributed by atoms with Crippen molar-refractivity contribution in [3.05, 3.63) is 64.2 Å². The number of piperidine rings is 1. The molecule has 160 valence electrons. The molecule has 7 heteroatoms. The van der Waals surface area contributed by atoms with Crippen molar-refractivity contribution in [3.8, 4) is 0 Å². The van der Waals surface area contributed by atoms with E-state index in [-0.39, 0.29) is 17.7 Å². The molecule has 2 saturated heterocycles. The molecule has 0 unspecified atom stereocenters. The van der Waals surface area contributed by atoms with Crippen molar-refractivity contribution in [3.63, 3.8) is 0 Å². The number of hydrogen-bond donors (Lipinski definition) is 1. The molecule has 0 bridgehead atoms. The Morgan fingerprint density at radius 2 is 1.87 bits per heavy atom. The summed E-state index contributed by atoms with van der Waals surface area (Å²) in [5.41, 5.74) is 2.69. The molecule has 2 atom stereocenters. The van der Waals surface area contributed by atoms with Crippen LogP contribution >= 0.6 is 11.6 Å². The van der Waals surface area contributed by atoms with E-state index in [0.29, 0.717) is 43.2 Å². The first-order valence-electron chi connectivity index (χ1n) is 10.4. The van der Waals surface area contributed by atoms with Gasteiger partial charge in [-0.2, -0.15) is 0 Å². The lowest BCUT2D eigenvalue weighted by molar-refractivity contribution is -0.137. The molecule has 0 radical (unpaired) electrons. The van der Waals surface area contributed by atoms with Crippen LogP contribution in [0.15, 0.2) is 36.4 Å². The Balaban J connectivity index is 1.46. The zero-order valence-electron chi connectivity index (χ0n) is 17.0. The van der Waals surface area contributed by atoms with Crippen LogP contribution in [0.25, 0.3) is 0 Å². The number of halogens is 3. The molecule has 2 heterocycles. The third-order valence-corrected chi connectivity index (χ3v) is 6.50. The highest BCUT2D eigenvalue weighted by Crippen LogP contribution is 2.34. The molecule has 2 aliphatic heterocycles. The molecular formula is C23H26ClF2N3O. The number of aryl methyl sites for hydroxylation is 1. The van der Waals surface area contributed by atoms with Gasteiger partial charge in [-0.3, -0.25) is 4.79 Å². The van der Waals surface area contributed by atoms with Crippen LogP contribution in [0.2, 0.25) is 5.02 Å². The first-order chi connectivity index (χ1) is 14.4. The van der Waals surface area contributed by atoms with E-state index in [9.17, 15) is 13.6 Å². The average Bonchev–Trinajstić information content (AvgIpc) is 2.75. The molecule has 0 saturated carbocycles. The van der Waals surface area contributed by atoms with Gasteiger partial charge < -0.3 is 15.1 Å². The molecular weight excluding hydrogens is 408 g/mol. The molecule has 4 rings (SSSR count). The quantitative estimate of drug-likeness (QED) is 0.795. The summed E-state index contributed by atoms with van der Waals surface area (Å²) in [6.45, 7) is 5.95. The maximum atomic E-state index is 14.4. The molecule has 30 heavy (non-hydrogen) atoms. The number of hydrogen-bond acceptors (Lipinski definition) is 3. The molecule has 1 N–H and O–H groups in total. The SMILES string of the molecule is Cc1ccc(Cl)cc1N1CCN(C(=O)[C@H]2CNCC[C@@H]2c2ccc(F)cc2F)CC1. The fraction of sp³-hybridized carbons (Fsp3) is 0.435. The number of carbonyl (C=O) groups excluding carboxylic acids is 1. The van der Waals surface area contributed by atoms with Crippen molar-refractivity contribution in [1.82, 2.24) is 10.2 Å². The molecule has 2 fully saturated rings. The van der Waals surface area contributed by atoms with Gasteiger partial charge in [-0.25, -0.2) is 8.78 Å². The summed E-state index contributed by atoms with van der Waals surface area (Å²) in [5.74, 6) is -1.72. The van der Waals surface area contributed by atoms with Gasteiger partial charge in [-0.05, 0) is 49.2 Å². The van der Waals surface area contributed by atoms with Crippen molar-refractivity contribution >= 4 is 23.2 Å². The second kappa shape index (κ2) is 8.90. The van der Waals surface area contributed by atoms with Crippen molar-refractivity contribution in [2.45, 2.75) is 19.3 Å². The number of benzene rings is 2. The Morgan fingerprint density at radius 1 is 1.10 bits per heavy atom. The Kier molecular flexibility index (Phi) is 6.25. The fourth-order valence-electron chi connectivity index (χ4n) is 4.62. The van der Waals surface area contributed by atoms with Gasteiger partial charge in [-0.15, -0.1) is 0 Å². The van der Waals surface area contributed by atoms with Crippen LogP contribution in [0.1, 0.15) is 23.5 Å². The molecule has 2 aromatic carbocycles. The average molecular weight is 434 g/mol. The zero-order chi connectivity index (χ0) is 21.3. The molecule has 1 amide bonds. The summed E-state index contributed by atoms with van der Waals surface area (Å²) >= 11 is 6.16. The maximum absolute atomic E-state index is 14.4. The Hall–Kier alpha value is -2.18. The number of carbonyl (C=O) groups is 1. The van der Waals surface area contributed by atoms with Gasteiger partial charge in [-0.1, -0.05) is 23.7 Å². The van der Waals surface area contributed by atoms with E-state index in [1.54, 1.807) is 0 Å². The van der Waals surface area contributed by atoms with Crippen LogP contribution in [0.4, 0.5) is 14.5 Å². The Labute approximate surface area is 180 Å². The van der Waals surface area contributed by atoms with Gasteiger partial charge in [0.05, 0.1) is 5.92 Å². The van der Waals surface area contributed by atoms with E-state index in [2.05, 4.69) is 17.1 Å². The lowest BCUT2D eigenvalue weighted by Crippen LogP contribution is -2.53. The van der Waals surface area contributed by atoms with Crippen LogP contribution in [0.3, 0.4) is 0 Å². The maximum Gasteiger partial charge on any atom is 0.227 e. The van der Waals surface area contributed by atoms with Gasteiger partial charge in [0, 0.05) is 55.4 Å². The van der Waals surface area contributed by atoms with Crippen LogP contribution in [-0.4, -0.2) is 50.1 Å². The zero-order valence-corrected chi connectivity index (χ0v) is 17.8. The fourth-order valence-corrected chi connectivity index (χ4v) is 4.78. The summed E-state index contributed by atoms with van der Waals surface area (Å²) in [4.78, 5) is 17.5. The molecule has 0 aromatic heterocycles. The van der Waals surface area contributed by atoms with Gasteiger partial charge in [0.2, 0.25) is 5.91 Å². The van der Waals surface area contributed by atoms with Gasteiger partial charge in [0.1, 0.15) is 11.6 Å². The third kappa shape index (κ3) is 4.30. The van der Waals surface area contributed by atoms with Crippen LogP contribution in [-0.2, 0) is 4.79 Å². The Bertz CT molecular complexity index is 931. The normalized spacial score (nSPS) is 22.3. The molecule has 4 nitrogen and oxygen atoms in total. The largest absolute Gasteiger partial charge is 0.368 e. The van der Waals surface area contributed by atoms with E-state index >= 15 is 0 Å². The first kappa shape index (κ1) is 21.1. The first-order valence-corrected chi connectivity index (χ1v) is 10.8. The summed E-state index contributed by atoms with van der Waals surface area (Å²) in [7, 11) is 0. The van der Waals surface area contributed by atoms with Crippen LogP contribution < -0.4 is 10.2 Å². The number of anilines is 1. The minimum Gasteiger partial charge on any atom is -0.368 e. The predicted octanol–water partition coefficient (Wildman–Crippen LogP) is 3.97. The number of nitrogens with one attached hydrogen (secondary N) is 1. The molecule has 0 spiro atoms.